The van der Waals surface area contributed by atoms with E-state index >= 15 is 0 Å². The smallest absolute Gasteiger partial charge is 0.0547 e. The van der Waals surface area contributed by atoms with E-state index in [4.69, 9.17) is 4.98 Å². The van der Waals surface area contributed by atoms with Crippen molar-refractivity contribution in [3.63, 3.8) is 0 Å². The Balaban J connectivity index is 1.94. The van der Waals surface area contributed by atoms with E-state index in [0.29, 0.717) is 4.75 Å². The highest BCUT2D eigenvalue weighted by Gasteiger charge is 2.27. The summed E-state index contributed by atoms with van der Waals surface area (Å²) in [7, 11) is 0. The van der Waals surface area contributed by atoms with Crippen molar-refractivity contribution in [2.24, 2.45) is 0 Å². The molecule has 0 saturated carbocycles. The molecule has 0 spiro atoms. The van der Waals surface area contributed by atoms with Crippen molar-refractivity contribution in [3.05, 3.63) is 29.6 Å². The maximum Gasteiger partial charge on any atom is 0.0547 e. The van der Waals surface area contributed by atoms with Gasteiger partial charge in [-0.25, -0.2) is 0 Å². The molecule has 0 unspecified atom stereocenters. The fourth-order valence-corrected chi connectivity index (χ4v) is 3.73. The molecule has 118 valence electrons. The second kappa shape index (κ2) is 6.67. The topological polar surface area (TPSA) is 28.2 Å². The third-order valence-corrected chi connectivity index (χ3v) is 4.85. The van der Waals surface area contributed by atoms with Crippen LogP contribution in [0.2, 0.25) is 0 Å². The minimum absolute atomic E-state index is 0.131. The van der Waals surface area contributed by atoms with Gasteiger partial charge in [-0.2, -0.15) is 11.8 Å². The highest BCUT2D eigenvalue weighted by Crippen LogP contribution is 2.29. The third kappa shape index (κ3) is 5.97. The van der Waals surface area contributed by atoms with Crippen LogP contribution in [0.25, 0.3) is 0 Å². The van der Waals surface area contributed by atoms with Gasteiger partial charge in [0.25, 0.3) is 0 Å². The monoisotopic (exact) mass is 307 g/mol. The zero-order valence-corrected chi connectivity index (χ0v) is 14.9. The molecule has 21 heavy (non-hydrogen) atoms. The van der Waals surface area contributed by atoms with Gasteiger partial charge in [-0.1, -0.05) is 6.07 Å². The van der Waals surface area contributed by atoms with Crippen LogP contribution >= 0.6 is 11.8 Å². The predicted molar refractivity (Wildman–Crippen MR) is 92.6 cm³/mol. The van der Waals surface area contributed by atoms with Gasteiger partial charge in [-0.05, 0) is 46.8 Å². The first-order valence-electron chi connectivity index (χ1n) is 7.80. The van der Waals surface area contributed by atoms with Crippen LogP contribution in [0.15, 0.2) is 18.2 Å². The number of nitrogens with zero attached hydrogens (tertiary/aromatic N) is 2. The molecular weight excluding hydrogens is 278 g/mol. The summed E-state index contributed by atoms with van der Waals surface area (Å²) in [5.41, 5.74) is 2.45. The Kier molecular flexibility index (Phi) is 5.33. The number of hydrogen-bond acceptors (Lipinski definition) is 4. The highest BCUT2D eigenvalue weighted by atomic mass is 32.2. The third-order valence-electron chi connectivity index (χ3n) is 3.55. The van der Waals surface area contributed by atoms with Crippen molar-refractivity contribution in [1.82, 2.24) is 15.2 Å². The number of nitrogens with one attached hydrogen (secondary N) is 1. The van der Waals surface area contributed by atoms with E-state index in [2.05, 4.69) is 74.8 Å². The van der Waals surface area contributed by atoms with Crippen molar-refractivity contribution in [2.75, 3.05) is 18.8 Å². The first kappa shape index (κ1) is 16.8. The van der Waals surface area contributed by atoms with Crippen LogP contribution in [0.1, 0.15) is 46.0 Å². The van der Waals surface area contributed by atoms with Crippen molar-refractivity contribution >= 4 is 11.8 Å². The maximum absolute atomic E-state index is 4.81. The van der Waals surface area contributed by atoms with Crippen LogP contribution in [0, 0.1) is 0 Å². The average molecular weight is 308 g/mol. The Morgan fingerprint density at radius 1 is 1.29 bits per heavy atom. The van der Waals surface area contributed by atoms with Gasteiger partial charge in [-0.3, -0.25) is 9.88 Å². The molecule has 0 radical (unpaired) electrons. The van der Waals surface area contributed by atoms with Crippen LogP contribution in [0.3, 0.4) is 0 Å². The summed E-state index contributed by atoms with van der Waals surface area (Å²) >= 11 is 2.08. The molecular formula is C17H29N3S. The first-order chi connectivity index (χ1) is 9.73. The first-order valence-corrected chi connectivity index (χ1v) is 8.78. The largest absolute Gasteiger partial charge is 0.306 e. The number of thioether (sulfide) groups is 1. The number of rotatable bonds is 4. The minimum Gasteiger partial charge on any atom is -0.306 e. The normalized spacial score (nSPS) is 19.7. The molecule has 2 rings (SSSR count). The molecule has 0 aliphatic carbocycles. The summed E-state index contributed by atoms with van der Waals surface area (Å²) in [6.07, 6.45) is 0. The number of pyridine rings is 1. The summed E-state index contributed by atoms with van der Waals surface area (Å²) in [6.45, 7) is 15.3. The highest BCUT2D eigenvalue weighted by molar-refractivity contribution is 8.00. The molecule has 1 N–H and O–H groups in total. The number of hydrogen-bond donors (Lipinski definition) is 1. The lowest BCUT2D eigenvalue weighted by Gasteiger charge is -2.37. The summed E-state index contributed by atoms with van der Waals surface area (Å²) in [5.74, 6) is 1.22. The van der Waals surface area contributed by atoms with Crippen LogP contribution < -0.4 is 5.32 Å². The Bertz CT molecular complexity index is 465. The van der Waals surface area contributed by atoms with Crippen LogP contribution in [-0.2, 0) is 13.1 Å². The van der Waals surface area contributed by atoms with Crippen molar-refractivity contribution in [3.8, 4) is 0 Å². The van der Waals surface area contributed by atoms with E-state index in [1.807, 2.05) is 0 Å². The van der Waals surface area contributed by atoms with E-state index in [0.717, 1.165) is 25.3 Å². The van der Waals surface area contributed by atoms with Gasteiger partial charge in [0.2, 0.25) is 0 Å². The molecule has 1 aliphatic heterocycles. The molecule has 0 amide bonds. The molecule has 4 heteroatoms. The zero-order chi connectivity index (χ0) is 15.5. The van der Waals surface area contributed by atoms with Crippen LogP contribution in [-0.4, -0.2) is 39.0 Å². The van der Waals surface area contributed by atoms with Gasteiger partial charge in [0.15, 0.2) is 0 Å². The Morgan fingerprint density at radius 2 is 2.00 bits per heavy atom. The predicted octanol–water partition coefficient (Wildman–Crippen LogP) is 3.30. The lowest BCUT2D eigenvalue weighted by Crippen LogP contribution is -2.42. The summed E-state index contributed by atoms with van der Waals surface area (Å²) in [4.78, 5) is 7.33. The molecule has 3 nitrogen and oxygen atoms in total. The summed E-state index contributed by atoms with van der Waals surface area (Å²) < 4.78 is 0.365. The van der Waals surface area contributed by atoms with Gasteiger partial charge in [0.1, 0.15) is 0 Å². The van der Waals surface area contributed by atoms with Crippen molar-refractivity contribution in [1.29, 1.82) is 0 Å². The minimum atomic E-state index is 0.131. The molecule has 1 aromatic rings. The molecule has 2 heterocycles. The van der Waals surface area contributed by atoms with Gasteiger partial charge in [0, 0.05) is 42.2 Å². The van der Waals surface area contributed by atoms with Gasteiger partial charge in [-0.15, -0.1) is 0 Å². The van der Waals surface area contributed by atoms with Gasteiger partial charge in [0.05, 0.1) is 11.4 Å². The fraction of sp³-hybridized carbons (Fsp3) is 0.706. The maximum atomic E-state index is 4.81. The summed E-state index contributed by atoms with van der Waals surface area (Å²) in [5, 5.41) is 3.50. The molecule has 1 saturated heterocycles. The molecule has 1 aliphatic rings. The molecule has 0 aromatic carbocycles. The van der Waals surface area contributed by atoms with E-state index in [1.54, 1.807) is 0 Å². The van der Waals surface area contributed by atoms with Crippen LogP contribution in [0.4, 0.5) is 0 Å². The van der Waals surface area contributed by atoms with Crippen molar-refractivity contribution in [2.45, 2.75) is 58.0 Å². The lowest BCUT2D eigenvalue weighted by molar-refractivity contribution is 0.249. The standard InChI is InChI=1S/C17H29N3S/c1-16(2,3)18-11-14-7-6-8-15(19-14)12-20-9-10-21-17(4,5)13-20/h6-8,18H,9-13H2,1-5H3. The second-order valence-electron chi connectivity index (χ2n) is 7.54. The molecule has 1 aromatic heterocycles. The molecule has 0 bridgehead atoms. The second-order valence-corrected chi connectivity index (χ2v) is 9.34. The zero-order valence-electron chi connectivity index (χ0n) is 14.1. The Morgan fingerprint density at radius 3 is 2.67 bits per heavy atom. The van der Waals surface area contributed by atoms with E-state index in [-0.39, 0.29) is 5.54 Å². The van der Waals surface area contributed by atoms with Gasteiger partial charge >= 0.3 is 0 Å². The fourth-order valence-electron chi connectivity index (χ4n) is 2.55. The SMILES string of the molecule is CC(C)(C)NCc1cccc(CN2CCSC(C)(C)C2)n1. The molecule has 0 atom stereocenters. The van der Waals surface area contributed by atoms with E-state index in [1.165, 1.54) is 18.0 Å². The lowest BCUT2D eigenvalue weighted by atomic mass is 10.1. The molecule has 1 fully saturated rings. The Hall–Kier alpha value is -0.580. The van der Waals surface area contributed by atoms with E-state index in [9.17, 15) is 0 Å². The quantitative estimate of drug-likeness (QED) is 0.924. The average Bonchev–Trinajstić information content (AvgIpc) is 2.35. The number of aromatic nitrogens is 1. The summed E-state index contributed by atoms with van der Waals surface area (Å²) in [6, 6.07) is 6.39. The van der Waals surface area contributed by atoms with Crippen molar-refractivity contribution < 1.29 is 0 Å². The van der Waals surface area contributed by atoms with Gasteiger partial charge < -0.3 is 5.32 Å². The van der Waals surface area contributed by atoms with Crippen LogP contribution in [0.5, 0.6) is 0 Å². The Labute approximate surface area is 133 Å². The van der Waals surface area contributed by atoms with E-state index < -0.39 is 0 Å².